The maximum atomic E-state index is 13.3. The smallest absolute Gasteiger partial charge is 0.232 e. The number of hydrogen-bond acceptors (Lipinski definition) is 3. The Morgan fingerprint density at radius 2 is 2.06 bits per heavy atom. The van der Waals surface area contributed by atoms with E-state index in [0.29, 0.717) is 21.9 Å². The number of nitrogens with zero attached hydrogens (tertiary/aromatic N) is 2. The van der Waals surface area contributed by atoms with Crippen LogP contribution in [0.4, 0.5) is 4.39 Å². The van der Waals surface area contributed by atoms with Gasteiger partial charge in [-0.15, -0.1) is 0 Å². The van der Waals surface area contributed by atoms with Crippen molar-refractivity contribution in [3.05, 3.63) is 27.9 Å². The van der Waals surface area contributed by atoms with E-state index < -0.39 is 5.95 Å². The Morgan fingerprint density at radius 3 is 2.69 bits per heavy atom. The molecule has 16 heavy (non-hydrogen) atoms. The van der Waals surface area contributed by atoms with Crippen molar-refractivity contribution in [3.63, 3.8) is 0 Å². The van der Waals surface area contributed by atoms with Crippen LogP contribution in [0.3, 0.4) is 0 Å². The molecule has 2 aliphatic rings. The van der Waals surface area contributed by atoms with Crippen LogP contribution >= 0.6 is 12.2 Å². The van der Waals surface area contributed by atoms with E-state index in [2.05, 4.69) is 15.0 Å². The second-order valence-corrected chi connectivity index (χ2v) is 4.44. The van der Waals surface area contributed by atoms with Crippen LogP contribution in [0.15, 0.2) is 6.07 Å². The Kier molecular flexibility index (Phi) is 2.71. The van der Waals surface area contributed by atoms with E-state index in [-0.39, 0.29) is 5.92 Å². The summed E-state index contributed by atoms with van der Waals surface area (Å²) in [4.78, 5) is 10.9. The van der Waals surface area contributed by atoms with E-state index in [0.717, 1.165) is 5.56 Å². The number of halogens is 1. The van der Waals surface area contributed by atoms with Gasteiger partial charge in [0.1, 0.15) is 10.3 Å². The SMILES string of the molecule is Cc1[nH]c2nc(=S)c(C(C)C)cc-2nc1F. The van der Waals surface area contributed by atoms with Crippen LogP contribution in [0.1, 0.15) is 31.0 Å². The van der Waals surface area contributed by atoms with Gasteiger partial charge in [0.25, 0.3) is 0 Å². The van der Waals surface area contributed by atoms with Gasteiger partial charge in [-0.1, -0.05) is 26.1 Å². The monoisotopic (exact) mass is 237 g/mol. The molecule has 0 aliphatic carbocycles. The maximum Gasteiger partial charge on any atom is 0.232 e. The predicted molar refractivity (Wildman–Crippen MR) is 62.6 cm³/mol. The van der Waals surface area contributed by atoms with Crippen LogP contribution < -0.4 is 0 Å². The normalized spacial score (nSPS) is 11.3. The number of pyridine rings is 1. The molecule has 0 bridgehead atoms. The molecule has 0 spiro atoms. The Labute approximate surface area is 98.1 Å². The first kappa shape index (κ1) is 11.1. The number of aromatic amines is 1. The summed E-state index contributed by atoms with van der Waals surface area (Å²) in [6, 6.07) is 1.80. The zero-order valence-electron chi connectivity index (χ0n) is 9.34. The maximum absolute atomic E-state index is 13.3. The molecule has 2 aliphatic heterocycles. The molecule has 0 unspecified atom stereocenters. The number of aryl methyl sites for hydroxylation is 1. The van der Waals surface area contributed by atoms with Gasteiger partial charge in [-0.25, -0.2) is 9.97 Å². The van der Waals surface area contributed by atoms with Crippen LogP contribution in [0, 0.1) is 17.5 Å². The summed E-state index contributed by atoms with van der Waals surface area (Å²) in [7, 11) is 0. The second-order valence-electron chi connectivity index (χ2n) is 4.06. The first-order chi connectivity index (χ1) is 7.49. The van der Waals surface area contributed by atoms with Crippen molar-refractivity contribution < 1.29 is 4.39 Å². The molecule has 2 rings (SSSR count). The number of H-pyrrole nitrogens is 1. The lowest BCUT2D eigenvalue weighted by Crippen LogP contribution is -2.04. The summed E-state index contributed by atoms with van der Waals surface area (Å²) in [6.45, 7) is 5.66. The van der Waals surface area contributed by atoms with Crippen molar-refractivity contribution in [2.75, 3.05) is 0 Å². The van der Waals surface area contributed by atoms with Crippen molar-refractivity contribution in [2.24, 2.45) is 0 Å². The highest BCUT2D eigenvalue weighted by Gasteiger charge is 2.13. The molecular weight excluding hydrogens is 225 g/mol. The minimum Gasteiger partial charge on any atom is -0.338 e. The predicted octanol–water partition coefficient (Wildman–Crippen LogP) is 3.21. The van der Waals surface area contributed by atoms with Crippen LogP contribution in [-0.2, 0) is 0 Å². The largest absolute Gasteiger partial charge is 0.338 e. The van der Waals surface area contributed by atoms with E-state index in [1.165, 1.54) is 0 Å². The second kappa shape index (κ2) is 3.90. The van der Waals surface area contributed by atoms with Gasteiger partial charge in [0.2, 0.25) is 5.95 Å². The lowest BCUT2D eigenvalue weighted by atomic mass is 10.0. The van der Waals surface area contributed by atoms with Crippen molar-refractivity contribution in [3.8, 4) is 11.5 Å². The molecule has 0 aromatic carbocycles. The van der Waals surface area contributed by atoms with Crippen LogP contribution in [-0.4, -0.2) is 15.0 Å². The number of fused-ring (bicyclic) bond motifs is 1. The molecule has 0 amide bonds. The Bertz CT molecular complexity index is 562. The Morgan fingerprint density at radius 1 is 1.38 bits per heavy atom. The first-order valence-electron chi connectivity index (χ1n) is 5.06. The lowest BCUT2D eigenvalue weighted by molar-refractivity contribution is 0.565. The third-order valence-corrected chi connectivity index (χ3v) is 2.78. The number of aromatic nitrogens is 3. The van der Waals surface area contributed by atoms with Gasteiger partial charge in [-0.3, -0.25) is 0 Å². The Balaban J connectivity index is 2.76. The van der Waals surface area contributed by atoms with E-state index in [1.807, 2.05) is 13.8 Å². The molecule has 0 aromatic heterocycles. The average Bonchev–Trinajstić information content (AvgIpc) is 2.19. The molecule has 0 atom stereocenters. The quantitative estimate of drug-likeness (QED) is 0.774. The molecule has 0 saturated heterocycles. The van der Waals surface area contributed by atoms with Crippen LogP contribution in [0.5, 0.6) is 0 Å². The molecular formula is C11H12FN3S. The van der Waals surface area contributed by atoms with E-state index >= 15 is 0 Å². The zero-order valence-corrected chi connectivity index (χ0v) is 10.2. The fourth-order valence-electron chi connectivity index (χ4n) is 1.51. The van der Waals surface area contributed by atoms with Crippen LogP contribution in [0.2, 0.25) is 0 Å². The topological polar surface area (TPSA) is 41.6 Å². The van der Waals surface area contributed by atoms with Gasteiger partial charge in [0.15, 0.2) is 5.82 Å². The standard InChI is InChI=1S/C11H12FN3S/c1-5(2)7-4-8-10(15-11(7)16)13-6(3)9(12)14-8/h4-5H,1-3H3,(H,13,15,16). The molecule has 2 heterocycles. The molecule has 3 nitrogen and oxygen atoms in total. The minimum absolute atomic E-state index is 0.260. The summed E-state index contributed by atoms with van der Waals surface area (Å²) in [5.41, 5.74) is 1.80. The van der Waals surface area contributed by atoms with Gasteiger partial charge in [-0.05, 0) is 24.5 Å². The highest BCUT2D eigenvalue weighted by atomic mass is 32.1. The third-order valence-electron chi connectivity index (χ3n) is 2.45. The molecule has 1 N–H and O–H groups in total. The lowest BCUT2D eigenvalue weighted by Gasteiger charge is -2.10. The van der Waals surface area contributed by atoms with Crippen molar-refractivity contribution in [1.29, 1.82) is 0 Å². The van der Waals surface area contributed by atoms with E-state index in [4.69, 9.17) is 12.2 Å². The molecule has 0 saturated carbocycles. The third kappa shape index (κ3) is 1.82. The van der Waals surface area contributed by atoms with Crippen LogP contribution in [0.25, 0.3) is 11.5 Å². The van der Waals surface area contributed by atoms with Gasteiger partial charge >= 0.3 is 0 Å². The molecule has 0 aromatic rings. The summed E-state index contributed by atoms with van der Waals surface area (Å²) in [6.07, 6.45) is 0. The van der Waals surface area contributed by atoms with Gasteiger partial charge in [-0.2, -0.15) is 4.39 Å². The van der Waals surface area contributed by atoms with Gasteiger partial charge in [0.05, 0.1) is 5.69 Å². The first-order valence-corrected chi connectivity index (χ1v) is 5.47. The fraction of sp³-hybridized carbons (Fsp3) is 0.364. The molecule has 5 heteroatoms. The highest BCUT2D eigenvalue weighted by molar-refractivity contribution is 7.71. The highest BCUT2D eigenvalue weighted by Crippen LogP contribution is 2.23. The number of hydrogen-bond donors (Lipinski definition) is 1. The number of rotatable bonds is 1. The number of nitrogens with one attached hydrogen (secondary N) is 1. The molecule has 84 valence electrons. The molecule has 0 radical (unpaired) electrons. The molecule has 0 fully saturated rings. The van der Waals surface area contributed by atoms with Gasteiger partial charge in [0, 0.05) is 0 Å². The average molecular weight is 237 g/mol. The van der Waals surface area contributed by atoms with E-state index in [9.17, 15) is 4.39 Å². The van der Waals surface area contributed by atoms with E-state index in [1.54, 1.807) is 13.0 Å². The van der Waals surface area contributed by atoms with Crippen molar-refractivity contribution in [1.82, 2.24) is 15.0 Å². The summed E-state index contributed by atoms with van der Waals surface area (Å²) in [5, 5.41) is 0. The zero-order chi connectivity index (χ0) is 11.9. The summed E-state index contributed by atoms with van der Waals surface area (Å²) in [5.74, 6) is 0.296. The van der Waals surface area contributed by atoms with Crippen molar-refractivity contribution >= 4 is 12.2 Å². The fourth-order valence-corrected chi connectivity index (χ4v) is 1.90. The Hall–Kier alpha value is -1.36. The van der Waals surface area contributed by atoms with Crippen molar-refractivity contribution in [2.45, 2.75) is 26.7 Å². The summed E-state index contributed by atoms with van der Waals surface area (Å²) >= 11 is 5.18. The van der Waals surface area contributed by atoms with Gasteiger partial charge < -0.3 is 4.98 Å². The minimum atomic E-state index is -0.499. The summed E-state index contributed by atoms with van der Waals surface area (Å²) < 4.78 is 13.8.